The zero-order valence-corrected chi connectivity index (χ0v) is 13.1. The van der Waals surface area contributed by atoms with Gasteiger partial charge in [-0.3, -0.25) is 4.79 Å². The number of ether oxygens (including phenoxy) is 1. The van der Waals surface area contributed by atoms with Crippen molar-refractivity contribution in [2.75, 3.05) is 38.8 Å². The van der Waals surface area contributed by atoms with E-state index in [1.807, 2.05) is 0 Å². The van der Waals surface area contributed by atoms with Gasteiger partial charge >= 0.3 is 0 Å². The van der Waals surface area contributed by atoms with Crippen molar-refractivity contribution in [1.29, 1.82) is 0 Å². The molecule has 0 atom stereocenters. The summed E-state index contributed by atoms with van der Waals surface area (Å²) in [5, 5.41) is 3.30. The number of hydrogen-bond acceptors (Lipinski definition) is 4. The Morgan fingerprint density at radius 1 is 1.55 bits per heavy atom. The smallest absolute Gasteiger partial charge is 0.239 e. The van der Waals surface area contributed by atoms with Crippen molar-refractivity contribution < 1.29 is 9.53 Å². The van der Waals surface area contributed by atoms with Crippen LogP contribution in [0.15, 0.2) is 18.2 Å². The number of likely N-dealkylation sites (N-methyl/N-ethyl adjacent to an activating group) is 1. The molecule has 5 nitrogen and oxygen atoms in total. The molecule has 0 aliphatic carbocycles. The summed E-state index contributed by atoms with van der Waals surface area (Å²) in [6, 6.07) is 5.22. The molecule has 0 aliphatic heterocycles. The van der Waals surface area contributed by atoms with Crippen LogP contribution in [-0.2, 0) is 9.53 Å². The molecule has 0 heterocycles. The topological polar surface area (TPSA) is 67.6 Å². The van der Waals surface area contributed by atoms with Crippen LogP contribution in [0.3, 0.4) is 0 Å². The lowest BCUT2D eigenvalue weighted by Gasteiger charge is -2.21. The Hall–Kier alpha value is -1.37. The second kappa shape index (κ2) is 8.04. The first kappa shape index (κ1) is 16.7. The fourth-order valence-corrected chi connectivity index (χ4v) is 2.02. The zero-order valence-electron chi connectivity index (χ0n) is 11.5. The van der Waals surface area contributed by atoms with Gasteiger partial charge in [-0.2, -0.15) is 0 Å². The Morgan fingerprint density at radius 3 is 2.85 bits per heavy atom. The maximum Gasteiger partial charge on any atom is 0.239 e. The molecule has 3 N–H and O–H groups in total. The summed E-state index contributed by atoms with van der Waals surface area (Å²) in [5.41, 5.74) is 7.10. The van der Waals surface area contributed by atoms with Crippen LogP contribution < -0.4 is 16.0 Å². The number of hydrogen-bond donors (Lipinski definition) is 2. The SMILES string of the molecule is COCCNC(=O)CN(C)c1ccc(Cl)cc1C(N)=S. The molecule has 0 aliphatic rings. The number of nitrogens with zero attached hydrogens (tertiary/aromatic N) is 1. The highest BCUT2D eigenvalue weighted by atomic mass is 35.5. The second-order valence-electron chi connectivity index (χ2n) is 4.22. The van der Waals surface area contributed by atoms with Crippen LogP contribution in [-0.4, -0.2) is 44.7 Å². The normalized spacial score (nSPS) is 10.2. The predicted octanol–water partition coefficient (Wildman–Crippen LogP) is 1.17. The number of methoxy groups -OCH3 is 1. The maximum atomic E-state index is 11.8. The Balaban J connectivity index is 2.74. The molecule has 0 saturated heterocycles. The third-order valence-corrected chi connectivity index (χ3v) is 3.10. The van der Waals surface area contributed by atoms with E-state index in [1.54, 1.807) is 37.3 Å². The van der Waals surface area contributed by atoms with E-state index in [-0.39, 0.29) is 17.4 Å². The molecule has 0 radical (unpaired) electrons. The average molecular weight is 316 g/mol. The molecule has 1 amide bonds. The quantitative estimate of drug-likeness (QED) is 0.584. The number of nitrogens with one attached hydrogen (secondary N) is 1. The maximum absolute atomic E-state index is 11.8. The molecule has 0 fully saturated rings. The largest absolute Gasteiger partial charge is 0.389 e. The number of halogens is 1. The highest BCUT2D eigenvalue weighted by molar-refractivity contribution is 7.80. The van der Waals surface area contributed by atoms with Crippen LogP contribution in [0.25, 0.3) is 0 Å². The zero-order chi connectivity index (χ0) is 15.1. The van der Waals surface area contributed by atoms with Crippen molar-refractivity contribution in [2.24, 2.45) is 5.73 Å². The molecule has 0 spiro atoms. The van der Waals surface area contributed by atoms with Crippen molar-refractivity contribution in [3.05, 3.63) is 28.8 Å². The van der Waals surface area contributed by atoms with Gasteiger partial charge in [-0.25, -0.2) is 0 Å². The van der Waals surface area contributed by atoms with E-state index < -0.39 is 0 Å². The molecule has 1 aromatic carbocycles. The number of benzene rings is 1. The van der Waals surface area contributed by atoms with E-state index in [0.29, 0.717) is 23.7 Å². The second-order valence-corrected chi connectivity index (χ2v) is 5.10. The summed E-state index contributed by atoms with van der Waals surface area (Å²) in [4.78, 5) is 13.8. The van der Waals surface area contributed by atoms with Crippen LogP contribution in [0.4, 0.5) is 5.69 Å². The van der Waals surface area contributed by atoms with E-state index in [9.17, 15) is 4.79 Å². The average Bonchev–Trinajstić information content (AvgIpc) is 2.38. The van der Waals surface area contributed by atoms with Crippen LogP contribution in [0.1, 0.15) is 5.56 Å². The van der Waals surface area contributed by atoms with Crippen LogP contribution >= 0.6 is 23.8 Å². The van der Waals surface area contributed by atoms with Gasteiger partial charge in [0.25, 0.3) is 0 Å². The van der Waals surface area contributed by atoms with Crippen LogP contribution in [0.5, 0.6) is 0 Å². The molecule has 0 aromatic heterocycles. The molecule has 0 bridgehead atoms. The minimum atomic E-state index is -0.103. The standard InChI is InChI=1S/C13H18ClN3O2S/c1-17(8-12(18)16-5-6-19-2)11-4-3-9(14)7-10(11)13(15)20/h3-4,7H,5-6,8H2,1-2H3,(H2,15,20)(H,16,18). The van der Waals surface area contributed by atoms with Gasteiger partial charge in [0.1, 0.15) is 4.99 Å². The van der Waals surface area contributed by atoms with Gasteiger partial charge in [-0.1, -0.05) is 23.8 Å². The summed E-state index contributed by atoms with van der Waals surface area (Å²) < 4.78 is 4.87. The highest BCUT2D eigenvalue weighted by Crippen LogP contribution is 2.23. The van der Waals surface area contributed by atoms with Gasteiger partial charge in [0.2, 0.25) is 5.91 Å². The highest BCUT2D eigenvalue weighted by Gasteiger charge is 2.13. The first-order chi connectivity index (χ1) is 9.45. The number of carbonyl (C=O) groups excluding carboxylic acids is 1. The lowest BCUT2D eigenvalue weighted by molar-refractivity contribution is -0.119. The van der Waals surface area contributed by atoms with Crippen molar-refractivity contribution in [1.82, 2.24) is 5.32 Å². The van der Waals surface area contributed by atoms with E-state index in [0.717, 1.165) is 5.69 Å². The third kappa shape index (κ3) is 4.96. The summed E-state index contributed by atoms with van der Waals surface area (Å²) in [7, 11) is 3.38. The van der Waals surface area contributed by atoms with E-state index >= 15 is 0 Å². The lowest BCUT2D eigenvalue weighted by atomic mass is 10.1. The molecule has 0 saturated carbocycles. The van der Waals surface area contributed by atoms with Gasteiger partial charge in [0.05, 0.1) is 13.2 Å². The molecule has 0 unspecified atom stereocenters. The van der Waals surface area contributed by atoms with Gasteiger partial charge in [-0.15, -0.1) is 0 Å². The van der Waals surface area contributed by atoms with Crippen molar-refractivity contribution in [3.63, 3.8) is 0 Å². The Bertz CT molecular complexity index is 497. The van der Waals surface area contributed by atoms with E-state index in [1.165, 1.54) is 0 Å². The lowest BCUT2D eigenvalue weighted by Crippen LogP contribution is -2.37. The summed E-state index contributed by atoms with van der Waals surface area (Å²) in [6.45, 7) is 1.15. The molecule has 1 rings (SSSR count). The Morgan fingerprint density at radius 2 is 2.25 bits per heavy atom. The number of amides is 1. The molecule has 7 heteroatoms. The van der Waals surface area contributed by atoms with Gasteiger partial charge < -0.3 is 20.7 Å². The van der Waals surface area contributed by atoms with Crippen molar-refractivity contribution in [3.8, 4) is 0 Å². The van der Waals surface area contributed by atoms with E-state index in [2.05, 4.69) is 5.32 Å². The predicted molar refractivity (Wildman–Crippen MR) is 85.5 cm³/mol. The number of thiocarbonyl (C=S) groups is 1. The first-order valence-corrected chi connectivity index (χ1v) is 6.80. The minimum absolute atomic E-state index is 0.103. The Labute approximate surface area is 129 Å². The monoisotopic (exact) mass is 315 g/mol. The molecular formula is C13H18ClN3O2S. The minimum Gasteiger partial charge on any atom is -0.389 e. The number of nitrogens with two attached hydrogens (primary N) is 1. The van der Waals surface area contributed by atoms with Crippen LogP contribution in [0.2, 0.25) is 5.02 Å². The summed E-state index contributed by atoms with van der Waals surface area (Å²) in [5.74, 6) is -0.103. The first-order valence-electron chi connectivity index (χ1n) is 6.02. The van der Waals surface area contributed by atoms with E-state index in [4.69, 9.17) is 34.3 Å². The van der Waals surface area contributed by atoms with Gasteiger partial charge in [0, 0.05) is 37.0 Å². The number of anilines is 1. The molecule has 1 aromatic rings. The molecule has 20 heavy (non-hydrogen) atoms. The molecular weight excluding hydrogens is 298 g/mol. The van der Waals surface area contributed by atoms with Gasteiger partial charge in [0.15, 0.2) is 0 Å². The van der Waals surface area contributed by atoms with Gasteiger partial charge in [-0.05, 0) is 18.2 Å². The Kier molecular flexibility index (Phi) is 6.70. The fourth-order valence-electron chi connectivity index (χ4n) is 1.69. The molecule has 110 valence electrons. The number of carbonyl (C=O) groups is 1. The van der Waals surface area contributed by atoms with Crippen molar-refractivity contribution in [2.45, 2.75) is 0 Å². The summed E-state index contributed by atoms with van der Waals surface area (Å²) >= 11 is 10.9. The number of rotatable bonds is 7. The van der Waals surface area contributed by atoms with Crippen molar-refractivity contribution >= 4 is 40.4 Å². The fraction of sp³-hybridized carbons (Fsp3) is 0.385. The summed E-state index contributed by atoms with van der Waals surface area (Å²) in [6.07, 6.45) is 0. The third-order valence-electron chi connectivity index (χ3n) is 2.64. The van der Waals surface area contributed by atoms with Crippen LogP contribution in [0, 0.1) is 0 Å².